The van der Waals surface area contributed by atoms with Crippen LogP contribution in [-0.2, 0) is 9.53 Å². The molecular formula is C38H44N4O6. The number of oxazole rings is 1. The van der Waals surface area contributed by atoms with Gasteiger partial charge in [0.1, 0.15) is 29.9 Å². The minimum Gasteiger partial charge on any atom is -0.495 e. The Morgan fingerprint density at radius 2 is 1.75 bits per heavy atom. The van der Waals surface area contributed by atoms with Crippen LogP contribution in [-0.4, -0.2) is 65.9 Å². The van der Waals surface area contributed by atoms with Crippen molar-refractivity contribution in [1.29, 1.82) is 5.26 Å². The van der Waals surface area contributed by atoms with E-state index in [0.29, 0.717) is 74.4 Å². The Balaban J connectivity index is 1.04. The summed E-state index contributed by atoms with van der Waals surface area (Å²) in [6.45, 7) is 1.28. The summed E-state index contributed by atoms with van der Waals surface area (Å²) < 4.78 is 16.8. The first kappa shape index (κ1) is 32.2. The summed E-state index contributed by atoms with van der Waals surface area (Å²) in [4.78, 5) is 35.1. The number of rotatable bonds is 9. The molecule has 0 spiro atoms. The van der Waals surface area contributed by atoms with Crippen molar-refractivity contribution in [3.05, 3.63) is 65.7 Å². The number of nitrogens with zero attached hydrogens (tertiary/aromatic N) is 4. The number of anilines is 1. The van der Waals surface area contributed by atoms with Crippen molar-refractivity contribution in [2.75, 3.05) is 31.6 Å². The maximum absolute atomic E-state index is 14.4. The lowest BCUT2D eigenvalue weighted by molar-refractivity contribution is -0.124. The van der Waals surface area contributed by atoms with Gasteiger partial charge in [-0.3, -0.25) is 4.79 Å². The third kappa shape index (κ3) is 7.07. The van der Waals surface area contributed by atoms with E-state index in [1.165, 1.54) is 10.5 Å². The van der Waals surface area contributed by atoms with E-state index in [1.54, 1.807) is 13.4 Å². The number of amides is 2. The van der Waals surface area contributed by atoms with E-state index in [0.717, 1.165) is 61.4 Å². The zero-order valence-electron chi connectivity index (χ0n) is 27.6. The van der Waals surface area contributed by atoms with Crippen LogP contribution in [0.2, 0.25) is 0 Å². The quantitative estimate of drug-likeness (QED) is 0.268. The van der Waals surface area contributed by atoms with Gasteiger partial charge in [-0.2, -0.15) is 5.26 Å². The molecule has 0 unspecified atom stereocenters. The standard InChI is InChI=1S/C38H44N4O6/c1-46-35-16-13-28(17-30(35)19-39)25-7-5-24(6-8-25)20-42(31-4-2-3-29(18-31)34-23-47-36(40-34)26-9-10-26)37(44)27-11-14-33(15-12-27)48-38(45)41-21-32(43)22-41/h2-4,13,16-18,23-27,32-33,43H,5-12,14-15,20-22H2,1H3/t24-,25-,27-,33-. The van der Waals surface area contributed by atoms with E-state index in [4.69, 9.17) is 18.9 Å². The van der Waals surface area contributed by atoms with Crippen LogP contribution in [0, 0.1) is 23.2 Å². The van der Waals surface area contributed by atoms with Crippen molar-refractivity contribution in [3.8, 4) is 23.1 Å². The fraction of sp³-hybridized carbons (Fsp3) is 0.526. The molecule has 2 aromatic carbocycles. The Kier molecular flexibility index (Phi) is 9.40. The Morgan fingerprint density at radius 3 is 2.44 bits per heavy atom. The van der Waals surface area contributed by atoms with Crippen LogP contribution < -0.4 is 9.64 Å². The number of benzene rings is 2. The number of methoxy groups -OCH3 is 1. The molecule has 1 aromatic heterocycles. The molecule has 3 aromatic rings. The first-order valence-electron chi connectivity index (χ1n) is 17.5. The largest absolute Gasteiger partial charge is 0.495 e. The summed E-state index contributed by atoms with van der Waals surface area (Å²) in [5, 5.41) is 19.1. The second-order valence-electron chi connectivity index (χ2n) is 14.0. The highest BCUT2D eigenvalue weighted by molar-refractivity contribution is 5.95. The lowest BCUT2D eigenvalue weighted by atomic mass is 9.78. The van der Waals surface area contributed by atoms with Gasteiger partial charge in [0, 0.05) is 29.6 Å². The number of β-amino-alcohol motifs (C(OH)–C–C–N with tert-alkyl or cyclic N) is 1. The third-order valence-electron chi connectivity index (χ3n) is 10.7. The van der Waals surface area contributed by atoms with Gasteiger partial charge < -0.3 is 28.8 Å². The molecule has 0 bridgehead atoms. The van der Waals surface area contributed by atoms with E-state index in [9.17, 15) is 20.0 Å². The van der Waals surface area contributed by atoms with Crippen LogP contribution in [0.3, 0.4) is 0 Å². The molecule has 1 saturated heterocycles. The first-order valence-corrected chi connectivity index (χ1v) is 17.5. The van der Waals surface area contributed by atoms with Crippen LogP contribution in [0.1, 0.15) is 93.1 Å². The summed E-state index contributed by atoms with van der Waals surface area (Å²) in [5.74, 6) is 2.51. The number of aliphatic hydroxyl groups is 1. The molecule has 4 fully saturated rings. The zero-order chi connectivity index (χ0) is 33.2. The molecule has 3 aliphatic carbocycles. The Bertz CT molecular complexity index is 1660. The molecule has 252 valence electrons. The molecule has 48 heavy (non-hydrogen) atoms. The molecule has 0 atom stereocenters. The highest BCUT2D eigenvalue weighted by atomic mass is 16.6. The fourth-order valence-electron chi connectivity index (χ4n) is 7.57. The number of carbonyl (C=O) groups excluding carboxylic acids is 2. The van der Waals surface area contributed by atoms with Crippen LogP contribution in [0.4, 0.5) is 10.5 Å². The van der Waals surface area contributed by atoms with E-state index in [1.807, 2.05) is 35.2 Å². The molecule has 3 saturated carbocycles. The Morgan fingerprint density at radius 1 is 1.00 bits per heavy atom. The van der Waals surface area contributed by atoms with Gasteiger partial charge in [0.15, 0.2) is 5.89 Å². The minimum absolute atomic E-state index is 0.123. The van der Waals surface area contributed by atoms with Gasteiger partial charge in [-0.15, -0.1) is 0 Å². The lowest BCUT2D eigenvalue weighted by Crippen LogP contribution is -2.54. The topological polar surface area (TPSA) is 129 Å². The summed E-state index contributed by atoms with van der Waals surface area (Å²) in [6.07, 6.45) is 9.50. The maximum Gasteiger partial charge on any atom is 0.410 e. The van der Waals surface area contributed by atoms with Gasteiger partial charge >= 0.3 is 6.09 Å². The average molecular weight is 653 g/mol. The Labute approximate surface area is 281 Å². The van der Waals surface area contributed by atoms with Gasteiger partial charge in [-0.25, -0.2) is 9.78 Å². The number of hydrogen-bond donors (Lipinski definition) is 1. The highest BCUT2D eigenvalue weighted by Gasteiger charge is 2.36. The molecule has 2 amide bonds. The second kappa shape index (κ2) is 14.0. The van der Waals surface area contributed by atoms with Crippen LogP contribution in [0.5, 0.6) is 5.75 Å². The van der Waals surface area contributed by atoms with Crippen LogP contribution >= 0.6 is 0 Å². The molecule has 1 aliphatic heterocycles. The van der Waals surface area contributed by atoms with Crippen molar-refractivity contribution < 1.29 is 28.6 Å². The van der Waals surface area contributed by atoms with Gasteiger partial charge in [-0.1, -0.05) is 18.2 Å². The molecule has 2 heterocycles. The summed E-state index contributed by atoms with van der Waals surface area (Å²) in [6, 6.07) is 16.3. The molecular weight excluding hydrogens is 608 g/mol. The predicted octanol–water partition coefficient (Wildman–Crippen LogP) is 6.78. The third-order valence-corrected chi connectivity index (χ3v) is 10.7. The van der Waals surface area contributed by atoms with Crippen molar-refractivity contribution >= 4 is 17.7 Å². The number of aromatic nitrogens is 1. The number of aliphatic hydroxyl groups excluding tert-OH is 1. The fourth-order valence-corrected chi connectivity index (χ4v) is 7.57. The van der Waals surface area contributed by atoms with Gasteiger partial charge in [0.2, 0.25) is 5.91 Å². The lowest BCUT2D eigenvalue weighted by Gasteiger charge is -2.38. The van der Waals surface area contributed by atoms with E-state index in [2.05, 4.69) is 18.2 Å². The van der Waals surface area contributed by atoms with Gasteiger partial charge in [0.25, 0.3) is 0 Å². The number of carbonyl (C=O) groups is 2. The number of nitriles is 1. The summed E-state index contributed by atoms with van der Waals surface area (Å²) in [7, 11) is 1.59. The van der Waals surface area contributed by atoms with Crippen molar-refractivity contribution in [2.24, 2.45) is 11.8 Å². The molecule has 7 rings (SSSR count). The Hall–Kier alpha value is -4.36. The summed E-state index contributed by atoms with van der Waals surface area (Å²) in [5.41, 5.74) is 4.33. The van der Waals surface area contributed by atoms with Gasteiger partial charge in [0.05, 0.1) is 31.9 Å². The zero-order valence-corrected chi connectivity index (χ0v) is 27.6. The highest BCUT2D eigenvalue weighted by Crippen LogP contribution is 2.41. The van der Waals surface area contributed by atoms with Crippen LogP contribution in [0.25, 0.3) is 11.3 Å². The molecule has 4 aliphatic rings. The maximum atomic E-state index is 14.4. The monoisotopic (exact) mass is 652 g/mol. The van der Waals surface area contributed by atoms with E-state index >= 15 is 0 Å². The molecule has 10 nitrogen and oxygen atoms in total. The second-order valence-corrected chi connectivity index (χ2v) is 14.0. The summed E-state index contributed by atoms with van der Waals surface area (Å²) >= 11 is 0. The van der Waals surface area contributed by atoms with Gasteiger partial charge in [-0.05, 0) is 106 Å². The smallest absolute Gasteiger partial charge is 0.410 e. The van der Waals surface area contributed by atoms with Crippen molar-refractivity contribution in [1.82, 2.24) is 9.88 Å². The van der Waals surface area contributed by atoms with E-state index < -0.39 is 6.10 Å². The molecule has 10 heteroatoms. The number of likely N-dealkylation sites (tertiary alicyclic amines) is 1. The molecule has 0 radical (unpaired) electrons. The predicted molar refractivity (Wildman–Crippen MR) is 178 cm³/mol. The minimum atomic E-state index is -0.464. The first-order chi connectivity index (χ1) is 23.4. The van der Waals surface area contributed by atoms with Crippen molar-refractivity contribution in [3.63, 3.8) is 0 Å². The number of ether oxygens (including phenoxy) is 2. The normalized spacial score (nSPS) is 24.3. The molecule has 1 N–H and O–H groups in total. The van der Waals surface area contributed by atoms with Crippen LogP contribution in [0.15, 0.2) is 53.1 Å². The number of hydrogen-bond acceptors (Lipinski definition) is 8. The SMILES string of the molecule is COc1ccc([C@H]2CC[C@H](CN(c3cccc(-c4coc(C5CC5)n4)c3)C(=O)[C@H]3CC[C@H](OC(=O)N4CC(O)C4)CC3)CC2)cc1C#N. The van der Waals surface area contributed by atoms with E-state index in [-0.39, 0.29) is 24.0 Å². The van der Waals surface area contributed by atoms with Crippen molar-refractivity contribution in [2.45, 2.75) is 88.3 Å². The average Bonchev–Trinajstić information content (AvgIpc) is 3.84.